The van der Waals surface area contributed by atoms with Gasteiger partial charge in [0.05, 0.1) is 6.61 Å². The van der Waals surface area contributed by atoms with Gasteiger partial charge in [-0.1, -0.05) is 6.92 Å². The Balaban J connectivity index is 1.93. The second kappa shape index (κ2) is 4.14. The predicted molar refractivity (Wildman–Crippen MR) is 58.7 cm³/mol. The molecular formula is C11H17N3O. The SMILES string of the molecule is CCc1cc(NCC2(CO)CC2)ncn1. The van der Waals surface area contributed by atoms with Crippen LogP contribution in [-0.4, -0.2) is 28.2 Å². The average molecular weight is 207 g/mol. The van der Waals surface area contributed by atoms with E-state index in [2.05, 4.69) is 22.2 Å². The van der Waals surface area contributed by atoms with E-state index in [1.54, 1.807) is 6.33 Å². The molecule has 0 atom stereocenters. The molecule has 1 heterocycles. The fourth-order valence-electron chi connectivity index (χ4n) is 1.53. The number of nitrogens with one attached hydrogen (secondary N) is 1. The first-order valence-corrected chi connectivity index (χ1v) is 5.44. The fourth-order valence-corrected chi connectivity index (χ4v) is 1.53. The molecule has 0 amide bonds. The first-order chi connectivity index (χ1) is 7.28. The summed E-state index contributed by atoms with van der Waals surface area (Å²) in [5.41, 5.74) is 1.17. The highest BCUT2D eigenvalue weighted by Gasteiger charge is 2.41. The maximum Gasteiger partial charge on any atom is 0.129 e. The van der Waals surface area contributed by atoms with E-state index in [4.69, 9.17) is 5.11 Å². The molecular weight excluding hydrogens is 190 g/mol. The van der Waals surface area contributed by atoms with E-state index in [9.17, 15) is 0 Å². The van der Waals surface area contributed by atoms with Gasteiger partial charge in [0.15, 0.2) is 0 Å². The molecule has 1 aromatic rings. The Morgan fingerprint density at radius 3 is 2.87 bits per heavy atom. The van der Waals surface area contributed by atoms with Gasteiger partial charge in [0.25, 0.3) is 0 Å². The zero-order chi connectivity index (χ0) is 10.7. The largest absolute Gasteiger partial charge is 0.396 e. The van der Waals surface area contributed by atoms with Crippen LogP contribution in [0.2, 0.25) is 0 Å². The number of rotatable bonds is 5. The summed E-state index contributed by atoms with van der Waals surface area (Å²) >= 11 is 0. The third-order valence-corrected chi connectivity index (χ3v) is 3.02. The lowest BCUT2D eigenvalue weighted by Gasteiger charge is -2.13. The number of hydrogen-bond acceptors (Lipinski definition) is 4. The van der Waals surface area contributed by atoms with Crippen LogP contribution in [0.4, 0.5) is 5.82 Å². The van der Waals surface area contributed by atoms with Crippen molar-refractivity contribution >= 4 is 5.82 Å². The lowest BCUT2D eigenvalue weighted by Crippen LogP contribution is -2.19. The van der Waals surface area contributed by atoms with Crippen molar-refractivity contribution in [2.24, 2.45) is 5.41 Å². The molecule has 0 bridgehead atoms. The van der Waals surface area contributed by atoms with Crippen LogP contribution >= 0.6 is 0 Å². The van der Waals surface area contributed by atoms with E-state index in [1.165, 1.54) is 0 Å². The van der Waals surface area contributed by atoms with Gasteiger partial charge in [0.1, 0.15) is 12.1 Å². The monoisotopic (exact) mass is 207 g/mol. The van der Waals surface area contributed by atoms with E-state index < -0.39 is 0 Å². The molecule has 82 valence electrons. The highest BCUT2D eigenvalue weighted by Crippen LogP contribution is 2.44. The van der Waals surface area contributed by atoms with Gasteiger partial charge in [-0.15, -0.1) is 0 Å². The molecule has 0 unspecified atom stereocenters. The second-order valence-electron chi connectivity index (χ2n) is 4.26. The number of aryl methyl sites for hydroxylation is 1. The minimum atomic E-state index is 0.122. The Hall–Kier alpha value is -1.16. The van der Waals surface area contributed by atoms with Gasteiger partial charge < -0.3 is 10.4 Å². The molecule has 1 aliphatic rings. The van der Waals surface area contributed by atoms with Crippen molar-refractivity contribution in [3.63, 3.8) is 0 Å². The maximum atomic E-state index is 9.16. The third-order valence-electron chi connectivity index (χ3n) is 3.02. The summed E-state index contributed by atoms with van der Waals surface area (Å²) in [7, 11) is 0. The summed E-state index contributed by atoms with van der Waals surface area (Å²) < 4.78 is 0. The van der Waals surface area contributed by atoms with Crippen molar-refractivity contribution < 1.29 is 5.11 Å². The summed E-state index contributed by atoms with van der Waals surface area (Å²) in [5, 5.41) is 12.4. The van der Waals surface area contributed by atoms with E-state index >= 15 is 0 Å². The Morgan fingerprint density at radius 1 is 1.47 bits per heavy atom. The van der Waals surface area contributed by atoms with Crippen molar-refractivity contribution in [1.29, 1.82) is 0 Å². The van der Waals surface area contributed by atoms with E-state index in [-0.39, 0.29) is 12.0 Å². The second-order valence-corrected chi connectivity index (χ2v) is 4.26. The molecule has 1 fully saturated rings. The van der Waals surface area contributed by atoms with Crippen molar-refractivity contribution in [3.05, 3.63) is 18.1 Å². The van der Waals surface area contributed by atoms with Crippen LogP contribution in [-0.2, 0) is 6.42 Å². The Bertz CT molecular complexity index is 336. The highest BCUT2D eigenvalue weighted by molar-refractivity contribution is 5.35. The van der Waals surface area contributed by atoms with Gasteiger partial charge in [0.2, 0.25) is 0 Å². The number of nitrogens with zero attached hydrogens (tertiary/aromatic N) is 2. The summed E-state index contributed by atoms with van der Waals surface area (Å²) in [6.07, 6.45) is 4.73. The Morgan fingerprint density at radius 2 is 2.27 bits per heavy atom. The smallest absolute Gasteiger partial charge is 0.129 e. The Kier molecular flexibility index (Phi) is 2.86. The summed E-state index contributed by atoms with van der Waals surface area (Å²) in [4.78, 5) is 8.29. The third kappa shape index (κ3) is 2.45. The van der Waals surface area contributed by atoms with Crippen LogP contribution in [0, 0.1) is 5.41 Å². The number of anilines is 1. The standard InChI is InChI=1S/C11H17N3O/c1-2-9-5-10(14-8-13-9)12-6-11(7-15)3-4-11/h5,8,15H,2-4,6-7H2,1H3,(H,12,13,14). The topological polar surface area (TPSA) is 58.0 Å². The van der Waals surface area contributed by atoms with Gasteiger partial charge >= 0.3 is 0 Å². The molecule has 1 aliphatic carbocycles. The predicted octanol–water partition coefficient (Wildman–Crippen LogP) is 1.22. The summed E-state index contributed by atoms with van der Waals surface area (Å²) in [5.74, 6) is 0.863. The fraction of sp³-hybridized carbons (Fsp3) is 0.636. The first-order valence-electron chi connectivity index (χ1n) is 5.44. The molecule has 0 aromatic carbocycles. The zero-order valence-corrected chi connectivity index (χ0v) is 9.03. The molecule has 15 heavy (non-hydrogen) atoms. The van der Waals surface area contributed by atoms with Crippen LogP contribution in [0.5, 0.6) is 0 Å². The quantitative estimate of drug-likeness (QED) is 0.762. The highest BCUT2D eigenvalue weighted by atomic mass is 16.3. The number of aliphatic hydroxyl groups excluding tert-OH is 1. The van der Waals surface area contributed by atoms with E-state index in [0.717, 1.165) is 37.3 Å². The van der Waals surface area contributed by atoms with Crippen molar-refractivity contribution in [1.82, 2.24) is 9.97 Å². The minimum Gasteiger partial charge on any atom is -0.396 e. The van der Waals surface area contributed by atoms with Gasteiger partial charge in [-0.2, -0.15) is 0 Å². The zero-order valence-electron chi connectivity index (χ0n) is 9.03. The molecule has 0 saturated heterocycles. The van der Waals surface area contributed by atoms with Crippen molar-refractivity contribution in [2.45, 2.75) is 26.2 Å². The molecule has 0 aliphatic heterocycles. The lowest BCUT2D eigenvalue weighted by atomic mass is 10.1. The molecule has 2 rings (SSSR count). The van der Waals surface area contributed by atoms with Gasteiger partial charge in [-0.05, 0) is 19.3 Å². The summed E-state index contributed by atoms with van der Waals surface area (Å²) in [6.45, 7) is 3.15. The van der Waals surface area contributed by atoms with Gasteiger partial charge in [0, 0.05) is 23.7 Å². The van der Waals surface area contributed by atoms with Crippen LogP contribution in [0.1, 0.15) is 25.5 Å². The number of aliphatic hydroxyl groups is 1. The molecule has 2 N–H and O–H groups in total. The molecule has 4 nitrogen and oxygen atoms in total. The van der Waals surface area contributed by atoms with Crippen LogP contribution in [0.25, 0.3) is 0 Å². The average Bonchev–Trinajstić information content (AvgIpc) is 3.07. The van der Waals surface area contributed by atoms with Crippen molar-refractivity contribution in [2.75, 3.05) is 18.5 Å². The number of aromatic nitrogens is 2. The molecule has 0 spiro atoms. The maximum absolute atomic E-state index is 9.16. The first kappa shape index (κ1) is 10.4. The molecule has 1 saturated carbocycles. The van der Waals surface area contributed by atoms with Gasteiger partial charge in [-0.25, -0.2) is 9.97 Å². The van der Waals surface area contributed by atoms with Crippen LogP contribution in [0.15, 0.2) is 12.4 Å². The molecule has 1 aromatic heterocycles. The van der Waals surface area contributed by atoms with Gasteiger partial charge in [-0.3, -0.25) is 0 Å². The minimum absolute atomic E-state index is 0.122. The Labute approximate surface area is 89.8 Å². The molecule has 4 heteroatoms. The van der Waals surface area contributed by atoms with Crippen molar-refractivity contribution in [3.8, 4) is 0 Å². The van der Waals surface area contributed by atoms with Crippen LogP contribution in [0.3, 0.4) is 0 Å². The van der Waals surface area contributed by atoms with Crippen LogP contribution < -0.4 is 5.32 Å². The number of hydrogen-bond donors (Lipinski definition) is 2. The summed E-state index contributed by atoms with van der Waals surface area (Å²) in [6, 6.07) is 1.97. The van der Waals surface area contributed by atoms with E-state index in [0.29, 0.717) is 0 Å². The molecule has 0 radical (unpaired) electrons. The normalized spacial score (nSPS) is 17.5. The van der Waals surface area contributed by atoms with E-state index in [1.807, 2.05) is 6.07 Å². The lowest BCUT2D eigenvalue weighted by molar-refractivity contribution is 0.219.